The second kappa shape index (κ2) is 8.51. The van der Waals surface area contributed by atoms with Crippen LogP contribution in [0.5, 0.6) is 0 Å². The van der Waals surface area contributed by atoms with Gasteiger partial charge in [0.1, 0.15) is 6.54 Å². The van der Waals surface area contributed by atoms with Crippen LogP contribution in [-0.2, 0) is 24.4 Å². The lowest BCUT2D eigenvalue weighted by atomic mass is 10.1. The molecule has 8 heteroatoms. The third-order valence-corrected chi connectivity index (χ3v) is 4.25. The van der Waals surface area contributed by atoms with Crippen LogP contribution in [0.3, 0.4) is 0 Å². The van der Waals surface area contributed by atoms with E-state index in [2.05, 4.69) is 18.5 Å². The van der Waals surface area contributed by atoms with Gasteiger partial charge < -0.3 is 5.32 Å². The van der Waals surface area contributed by atoms with Crippen LogP contribution in [-0.4, -0.2) is 19.6 Å². The van der Waals surface area contributed by atoms with Crippen molar-refractivity contribution in [3.63, 3.8) is 0 Å². The Balaban J connectivity index is 2.48. The number of aromatic nitrogens is 3. The van der Waals surface area contributed by atoms with Crippen molar-refractivity contribution in [3.05, 3.63) is 85.6 Å². The standard InChI is InChI=1S/C20H24N4O4/c1-6-8-22-18(26)23(9-7-2)20(28)24(19(22)27)12-16(25)21-17-14(4)10-13(3)11-15(17)5/h6-7,10-11H,1-2,8-9,12H2,3-5H3,(H,21,25). The molecule has 0 aliphatic rings. The van der Waals surface area contributed by atoms with Gasteiger partial charge in [-0.2, -0.15) is 0 Å². The molecule has 2 aromatic rings. The zero-order chi connectivity index (χ0) is 21.0. The Morgan fingerprint density at radius 1 is 0.893 bits per heavy atom. The molecule has 2 rings (SSSR count). The second-order valence-corrected chi connectivity index (χ2v) is 6.55. The highest BCUT2D eigenvalue weighted by Gasteiger charge is 2.17. The van der Waals surface area contributed by atoms with Crippen molar-refractivity contribution in [2.75, 3.05) is 5.32 Å². The first-order valence-electron chi connectivity index (χ1n) is 8.75. The molecule has 28 heavy (non-hydrogen) atoms. The van der Waals surface area contributed by atoms with Crippen molar-refractivity contribution in [2.45, 2.75) is 40.4 Å². The molecule has 0 aliphatic heterocycles. The number of allylic oxidation sites excluding steroid dienone is 2. The molecule has 148 valence electrons. The summed E-state index contributed by atoms with van der Waals surface area (Å²) in [6.07, 6.45) is 2.74. The fraction of sp³-hybridized carbons (Fsp3) is 0.300. The van der Waals surface area contributed by atoms with Crippen molar-refractivity contribution in [1.29, 1.82) is 0 Å². The van der Waals surface area contributed by atoms with Crippen molar-refractivity contribution >= 4 is 11.6 Å². The number of anilines is 1. The van der Waals surface area contributed by atoms with E-state index in [0.717, 1.165) is 30.4 Å². The Kier molecular flexibility index (Phi) is 6.35. The molecule has 0 radical (unpaired) electrons. The topological polar surface area (TPSA) is 95.1 Å². The number of carbonyl (C=O) groups excluding carboxylic acids is 1. The summed E-state index contributed by atoms with van der Waals surface area (Å²) in [6, 6.07) is 3.85. The summed E-state index contributed by atoms with van der Waals surface area (Å²) in [5.74, 6) is -0.539. The van der Waals surface area contributed by atoms with Crippen molar-refractivity contribution in [3.8, 4) is 0 Å². The molecule has 0 spiro atoms. The van der Waals surface area contributed by atoms with Gasteiger partial charge in [-0.15, -0.1) is 13.2 Å². The molecule has 1 heterocycles. The number of carbonyl (C=O) groups is 1. The lowest BCUT2D eigenvalue weighted by Gasteiger charge is -2.15. The van der Waals surface area contributed by atoms with Gasteiger partial charge in [0, 0.05) is 5.69 Å². The van der Waals surface area contributed by atoms with E-state index in [9.17, 15) is 19.2 Å². The Morgan fingerprint density at radius 3 is 1.75 bits per heavy atom. The SMILES string of the molecule is C=CCn1c(=O)n(CC=C)c(=O)n(CC(=O)Nc2c(C)cc(C)cc2C)c1=O. The van der Waals surface area contributed by atoms with E-state index in [0.29, 0.717) is 5.69 Å². The molecular formula is C20H24N4O4. The van der Waals surface area contributed by atoms with Gasteiger partial charge >= 0.3 is 17.1 Å². The highest BCUT2D eigenvalue weighted by molar-refractivity contribution is 5.92. The molecule has 0 saturated heterocycles. The zero-order valence-corrected chi connectivity index (χ0v) is 16.3. The fourth-order valence-corrected chi connectivity index (χ4v) is 3.09. The van der Waals surface area contributed by atoms with Gasteiger partial charge in [0.15, 0.2) is 0 Å². The minimum absolute atomic E-state index is 0.0765. The van der Waals surface area contributed by atoms with Crippen molar-refractivity contribution in [1.82, 2.24) is 13.7 Å². The molecule has 1 amide bonds. The molecular weight excluding hydrogens is 360 g/mol. The van der Waals surface area contributed by atoms with Crippen LogP contribution in [0.25, 0.3) is 0 Å². The number of hydrogen-bond donors (Lipinski definition) is 1. The normalized spacial score (nSPS) is 10.5. The quantitative estimate of drug-likeness (QED) is 0.724. The van der Waals surface area contributed by atoms with Gasteiger partial charge in [-0.1, -0.05) is 29.8 Å². The van der Waals surface area contributed by atoms with Crippen molar-refractivity contribution in [2.24, 2.45) is 0 Å². The Bertz CT molecular complexity index is 1050. The van der Waals surface area contributed by atoms with Crippen LogP contribution in [0.1, 0.15) is 16.7 Å². The highest BCUT2D eigenvalue weighted by atomic mass is 16.2. The molecule has 1 aromatic heterocycles. The van der Waals surface area contributed by atoms with E-state index in [1.165, 1.54) is 12.2 Å². The molecule has 1 N–H and O–H groups in total. The maximum Gasteiger partial charge on any atom is 0.337 e. The van der Waals surface area contributed by atoms with E-state index in [-0.39, 0.29) is 13.1 Å². The molecule has 0 unspecified atom stereocenters. The first-order valence-corrected chi connectivity index (χ1v) is 8.75. The van der Waals surface area contributed by atoms with Gasteiger partial charge in [-0.3, -0.25) is 4.79 Å². The predicted octanol–water partition coefficient (Wildman–Crippen LogP) is 1.11. The van der Waals surface area contributed by atoms with Gasteiger partial charge in [-0.25, -0.2) is 28.1 Å². The van der Waals surface area contributed by atoms with E-state index < -0.39 is 29.5 Å². The first kappa shape index (κ1) is 20.9. The molecule has 0 atom stereocenters. The third-order valence-electron chi connectivity index (χ3n) is 4.25. The summed E-state index contributed by atoms with van der Waals surface area (Å²) < 4.78 is 2.45. The van der Waals surface area contributed by atoms with Crippen LogP contribution in [0.2, 0.25) is 0 Å². The summed E-state index contributed by atoms with van der Waals surface area (Å²) >= 11 is 0. The molecule has 0 aliphatic carbocycles. The number of nitrogens with zero attached hydrogens (tertiary/aromatic N) is 3. The average Bonchev–Trinajstić information content (AvgIpc) is 2.62. The number of hydrogen-bond acceptors (Lipinski definition) is 4. The minimum Gasteiger partial charge on any atom is -0.324 e. The Hall–Kier alpha value is -3.42. The lowest BCUT2D eigenvalue weighted by Crippen LogP contribution is -2.55. The maximum absolute atomic E-state index is 12.6. The first-order chi connectivity index (χ1) is 13.2. The van der Waals surface area contributed by atoms with Gasteiger partial charge in [0.2, 0.25) is 5.91 Å². The van der Waals surface area contributed by atoms with E-state index in [1.54, 1.807) is 0 Å². The van der Waals surface area contributed by atoms with E-state index in [1.807, 2.05) is 32.9 Å². The minimum atomic E-state index is -0.859. The second-order valence-electron chi connectivity index (χ2n) is 6.55. The van der Waals surface area contributed by atoms with E-state index >= 15 is 0 Å². The van der Waals surface area contributed by atoms with Gasteiger partial charge in [0.05, 0.1) is 13.1 Å². The van der Waals surface area contributed by atoms with Crippen LogP contribution < -0.4 is 22.4 Å². The monoisotopic (exact) mass is 384 g/mol. The molecule has 1 aromatic carbocycles. The fourth-order valence-electron chi connectivity index (χ4n) is 3.09. The molecule has 8 nitrogen and oxygen atoms in total. The Labute approximate surface area is 162 Å². The molecule has 0 saturated carbocycles. The molecule has 0 fully saturated rings. The maximum atomic E-state index is 12.6. The number of nitrogens with one attached hydrogen (secondary N) is 1. The summed E-state index contributed by atoms with van der Waals surface area (Å²) in [4.78, 5) is 50.1. The Morgan fingerprint density at radius 2 is 1.32 bits per heavy atom. The number of rotatable bonds is 7. The largest absolute Gasteiger partial charge is 0.337 e. The number of aryl methyl sites for hydroxylation is 3. The van der Waals surface area contributed by atoms with Gasteiger partial charge in [-0.05, 0) is 31.9 Å². The average molecular weight is 384 g/mol. The summed E-state index contributed by atoms with van der Waals surface area (Å²) in [7, 11) is 0. The van der Waals surface area contributed by atoms with Gasteiger partial charge in [0.25, 0.3) is 0 Å². The summed E-state index contributed by atoms with van der Waals surface area (Å²) in [5.41, 5.74) is 0.961. The van der Waals surface area contributed by atoms with Crippen molar-refractivity contribution < 1.29 is 4.79 Å². The summed E-state index contributed by atoms with van der Waals surface area (Å²) in [5, 5.41) is 2.75. The van der Waals surface area contributed by atoms with Crippen LogP contribution in [0, 0.1) is 20.8 Å². The lowest BCUT2D eigenvalue weighted by molar-refractivity contribution is -0.116. The highest BCUT2D eigenvalue weighted by Crippen LogP contribution is 2.21. The van der Waals surface area contributed by atoms with Crippen LogP contribution in [0.15, 0.2) is 51.8 Å². The smallest absolute Gasteiger partial charge is 0.324 e. The van der Waals surface area contributed by atoms with E-state index in [4.69, 9.17) is 0 Å². The van der Waals surface area contributed by atoms with Crippen LogP contribution >= 0.6 is 0 Å². The third kappa shape index (κ3) is 4.11. The number of amides is 1. The zero-order valence-electron chi connectivity index (χ0n) is 16.3. The number of benzene rings is 1. The molecule has 0 bridgehead atoms. The summed E-state index contributed by atoms with van der Waals surface area (Å²) in [6.45, 7) is 12.0. The predicted molar refractivity (Wildman–Crippen MR) is 109 cm³/mol. The van der Waals surface area contributed by atoms with Crippen LogP contribution in [0.4, 0.5) is 5.69 Å².